The average Bonchev–Trinajstić information content (AvgIpc) is 2.84. The van der Waals surface area contributed by atoms with Gasteiger partial charge in [-0.15, -0.1) is 0 Å². The molecule has 1 aromatic heterocycles. The Labute approximate surface area is 126 Å². The lowest BCUT2D eigenvalue weighted by molar-refractivity contribution is -0.137. The number of hydrogen-bond acceptors (Lipinski definition) is 3. The van der Waals surface area contributed by atoms with Crippen molar-refractivity contribution in [2.45, 2.75) is 37.5 Å². The Hall–Kier alpha value is -1.83. The van der Waals surface area contributed by atoms with Crippen LogP contribution in [0.1, 0.15) is 31.2 Å². The van der Waals surface area contributed by atoms with E-state index < -0.39 is 23.4 Å². The molecule has 5 nitrogen and oxygen atoms in total. The first-order valence-electron chi connectivity index (χ1n) is 6.97. The SMILES string of the molecule is CN(CC1(O)CCCC1)C(=O)Nc1cc(C(F)(F)F)ccn1. The zero-order valence-corrected chi connectivity index (χ0v) is 12.2. The summed E-state index contributed by atoms with van der Waals surface area (Å²) in [6, 6.07) is 1.00. The summed E-state index contributed by atoms with van der Waals surface area (Å²) >= 11 is 0. The molecule has 0 saturated heterocycles. The number of pyridine rings is 1. The predicted octanol–water partition coefficient (Wildman–Crippen LogP) is 2.87. The molecule has 2 N–H and O–H groups in total. The third-order valence-electron chi connectivity index (χ3n) is 3.73. The first-order chi connectivity index (χ1) is 10.2. The van der Waals surface area contributed by atoms with Crippen LogP contribution in [0.3, 0.4) is 0 Å². The van der Waals surface area contributed by atoms with Crippen LogP contribution in [0, 0.1) is 0 Å². The van der Waals surface area contributed by atoms with Gasteiger partial charge in [0, 0.05) is 13.2 Å². The number of carbonyl (C=O) groups excluding carboxylic acids is 1. The number of aliphatic hydroxyl groups is 1. The number of urea groups is 1. The number of rotatable bonds is 3. The lowest BCUT2D eigenvalue weighted by Crippen LogP contribution is -2.43. The predicted molar refractivity (Wildman–Crippen MR) is 74.3 cm³/mol. The summed E-state index contributed by atoms with van der Waals surface area (Å²) in [5.74, 6) is -0.176. The lowest BCUT2D eigenvalue weighted by atomic mass is 10.0. The van der Waals surface area contributed by atoms with Gasteiger partial charge < -0.3 is 10.0 Å². The van der Waals surface area contributed by atoms with Crippen molar-refractivity contribution < 1.29 is 23.1 Å². The Kier molecular flexibility index (Phi) is 4.60. The van der Waals surface area contributed by atoms with Crippen molar-refractivity contribution in [3.63, 3.8) is 0 Å². The van der Waals surface area contributed by atoms with Gasteiger partial charge in [-0.2, -0.15) is 13.2 Å². The second-order valence-electron chi connectivity index (χ2n) is 5.65. The molecule has 0 aliphatic heterocycles. The van der Waals surface area contributed by atoms with Crippen molar-refractivity contribution in [3.05, 3.63) is 23.9 Å². The number of anilines is 1. The molecule has 122 valence electrons. The van der Waals surface area contributed by atoms with Crippen LogP contribution in [0.5, 0.6) is 0 Å². The van der Waals surface area contributed by atoms with Gasteiger partial charge in [0.15, 0.2) is 0 Å². The molecule has 0 unspecified atom stereocenters. The van der Waals surface area contributed by atoms with Gasteiger partial charge in [-0.3, -0.25) is 5.32 Å². The summed E-state index contributed by atoms with van der Waals surface area (Å²) < 4.78 is 37.8. The minimum Gasteiger partial charge on any atom is -0.388 e. The molecule has 2 amide bonds. The van der Waals surface area contributed by atoms with Crippen LogP contribution in [0.2, 0.25) is 0 Å². The smallest absolute Gasteiger partial charge is 0.388 e. The third kappa shape index (κ3) is 4.09. The highest BCUT2D eigenvalue weighted by Gasteiger charge is 2.34. The lowest BCUT2D eigenvalue weighted by Gasteiger charge is -2.28. The Morgan fingerprint density at radius 2 is 2.09 bits per heavy atom. The molecule has 1 heterocycles. The van der Waals surface area contributed by atoms with E-state index in [1.807, 2.05) is 0 Å². The van der Waals surface area contributed by atoms with Crippen LogP contribution >= 0.6 is 0 Å². The van der Waals surface area contributed by atoms with Crippen LogP contribution in [-0.4, -0.2) is 40.2 Å². The number of nitrogens with zero attached hydrogens (tertiary/aromatic N) is 2. The van der Waals surface area contributed by atoms with E-state index in [9.17, 15) is 23.1 Å². The van der Waals surface area contributed by atoms with Crippen molar-refractivity contribution in [1.82, 2.24) is 9.88 Å². The van der Waals surface area contributed by atoms with Crippen LogP contribution in [0.4, 0.5) is 23.8 Å². The van der Waals surface area contributed by atoms with Gasteiger partial charge in [-0.1, -0.05) is 12.8 Å². The van der Waals surface area contributed by atoms with Crippen molar-refractivity contribution in [2.24, 2.45) is 0 Å². The maximum Gasteiger partial charge on any atom is 0.416 e. The van der Waals surface area contributed by atoms with E-state index in [-0.39, 0.29) is 12.4 Å². The number of aromatic nitrogens is 1. The second-order valence-corrected chi connectivity index (χ2v) is 5.65. The number of hydrogen-bond donors (Lipinski definition) is 2. The zero-order valence-electron chi connectivity index (χ0n) is 12.2. The first-order valence-corrected chi connectivity index (χ1v) is 6.97. The van der Waals surface area contributed by atoms with Gasteiger partial charge in [0.2, 0.25) is 0 Å². The highest BCUT2D eigenvalue weighted by atomic mass is 19.4. The van der Waals surface area contributed by atoms with E-state index in [1.165, 1.54) is 11.9 Å². The molecule has 1 aliphatic carbocycles. The Morgan fingerprint density at radius 3 is 2.68 bits per heavy atom. The van der Waals surface area contributed by atoms with Gasteiger partial charge in [-0.25, -0.2) is 9.78 Å². The number of halogens is 3. The molecular weight excluding hydrogens is 299 g/mol. The summed E-state index contributed by atoms with van der Waals surface area (Å²) in [5.41, 5.74) is -1.79. The van der Waals surface area contributed by atoms with Crippen molar-refractivity contribution in [3.8, 4) is 0 Å². The number of nitrogens with one attached hydrogen (secondary N) is 1. The summed E-state index contributed by atoms with van der Waals surface area (Å²) in [5, 5.41) is 12.6. The van der Waals surface area contributed by atoms with Crippen LogP contribution < -0.4 is 5.32 Å². The third-order valence-corrected chi connectivity index (χ3v) is 3.73. The highest BCUT2D eigenvalue weighted by molar-refractivity contribution is 5.88. The average molecular weight is 317 g/mol. The van der Waals surface area contributed by atoms with Crippen LogP contribution in [-0.2, 0) is 6.18 Å². The van der Waals surface area contributed by atoms with Crippen LogP contribution in [0.25, 0.3) is 0 Å². The van der Waals surface area contributed by atoms with Crippen LogP contribution in [0.15, 0.2) is 18.3 Å². The van der Waals surface area contributed by atoms with Gasteiger partial charge in [-0.05, 0) is 25.0 Å². The fraction of sp³-hybridized carbons (Fsp3) is 0.571. The van der Waals surface area contributed by atoms with E-state index in [0.717, 1.165) is 31.2 Å². The zero-order chi connectivity index (χ0) is 16.4. The molecule has 0 bridgehead atoms. The topological polar surface area (TPSA) is 65.5 Å². The van der Waals surface area contributed by atoms with Crippen molar-refractivity contribution >= 4 is 11.8 Å². The van der Waals surface area contributed by atoms with E-state index in [1.54, 1.807) is 0 Å². The molecule has 0 aromatic carbocycles. The minimum absolute atomic E-state index is 0.137. The molecular formula is C14H18F3N3O2. The molecule has 1 aromatic rings. The van der Waals surface area contributed by atoms with E-state index in [4.69, 9.17) is 0 Å². The second kappa shape index (κ2) is 6.12. The van der Waals surface area contributed by atoms with Gasteiger partial charge in [0.05, 0.1) is 17.7 Å². The molecule has 1 fully saturated rings. The Bertz CT molecular complexity index is 542. The van der Waals surface area contributed by atoms with Gasteiger partial charge >= 0.3 is 12.2 Å². The standard InChI is InChI=1S/C14H18F3N3O2/c1-20(9-13(22)5-2-3-6-13)12(21)19-11-8-10(4-7-18-11)14(15,16)17/h4,7-8,22H,2-3,5-6,9H2,1H3,(H,18,19,21). The summed E-state index contributed by atoms with van der Waals surface area (Å²) in [7, 11) is 1.49. The molecule has 0 radical (unpaired) electrons. The van der Waals surface area contributed by atoms with Gasteiger partial charge in [0.1, 0.15) is 5.82 Å². The largest absolute Gasteiger partial charge is 0.416 e. The molecule has 0 spiro atoms. The van der Waals surface area contributed by atoms with Crippen molar-refractivity contribution in [2.75, 3.05) is 18.9 Å². The number of amides is 2. The highest BCUT2D eigenvalue weighted by Crippen LogP contribution is 2.31. The van der Waals surface area contributed by atoms with Crippen molar-refractivity contribution in [1.29, 1.82) is 0 Å². The van der Waals surface area contributed by atoms with Gasteiger partial charge in [0.25, 0.3) is 0 Å². The summed E-state index contributed by atoms with van der Waals surface area (Å²) in [6.07, 6.45) is -0.461. The number of carbonyl (C=O) groups is 1. The molecule has 1 aliphatic rings. The molecule has 22 heavy (non-hydrogen) atoms. The Morgan fingerprint density at radius 1 is 1.45 bits per heavy atom. The van der Waals surface area contributed by atoms with E-state index in [0.29, 0.717) is 12.8 Å². The normalized spacial score (nSPS) is 17.3. The first kappa shape index (κ1) is 16.5. The fourth-order valence-corrected chi connectivity index (χ4v) is 2.58. The molecule has 2 rings (SSSR count). The maximum absolute atomic E-state index is 12.6. The fourth-order valence-electron chi connectivity index (χ4n) is 2.58. The molecule has 8 heteroatoms. The maximum atomic E-state index is 12.6. The minimum atomic E-state index is -4.49. The molecule has 1 saturated carbocycles. The summed E-state index contributed by atoms with van der Waals surface area (Å²) in [6.45, 7) is 0.137. The van der Waals surface area contributed by atoms with E-state index in [2.05, 4.69) is 10.3 Å². The summed E-state index contributed by atoms with van der Waals surface area (Å²) in [4.78, 5) is 16.9. The Balaban J connectivity index is 1.99. The number of likely N-dealkylation sites (N-methyl/N-ethyl adjacent to an activating group) is 1. The number of alkyl halides is 3. The quantitative estimate of drug-likeness (QED) is 0.901. The van der Waals surface area contributed by atoms with E-state index >= 15 is 0 Å². The molecule has 0 atom stereocenters. The monoisotopic (exact) mass is 317 g/mol.